The molecule has 0 atom stereocenters. The van der Waals surface area contributed by atoms with Crippen LogP contribution in [-0.4, -0.2) is 70.6 Å². The molecule has 0 saturated heterocycles. The van der Waals surface area contributed by atoms with E-state index in [1.54, 1.807) is 13.8 Å². The Kier molecular flexibility index (Phi) is 9.56. The molecule has 0 radical (unpaired) electrons. The van der Waals surface area contributed by atoms with Crippen molar-refractivity contribution in [3.63, 3.8) is 0 Å². The Morgan fingerprint density at radius 2 is 1.82 bits per heavy atom. The third-order valence-corrected chi connectivity index (χ3v) is 5.64. The smallest absolute Gasteiger partial charge is 0.338 e. The van der Waals surface area contributed by atoms with Crippen LogP contribution in [-0.2, 0) is 24.3 Å². The zero-order valence-electron chi connectivity index (χ0n) is 16.1. The van der Waals surface area contributed by atoms with Gasteiger partial charge in [-0.05, 0) is 18.2 Å². The van der Waals surface area contributed by atoms with Gasteiger partial charge >= 0.3 is 12.0 Å². The van der Waals surface area contributed by atoms with Crippen molar-refractivity contribution in [2.24, 2.45) is 0 Å². The van der Waals surface area contributed by atoms with Crippen molar-refractivity contribution in [3.8, 4) is 0 Å². The molecule has 2 N–H and O–H groups in total. The maximum absolute atomic E-state index is 12.5. The molecule has 11 heteroatoms. The van der Waals surface area contributed by atoms with Gasteiger partial charge in [0.05, 0.1) is 17.1 Å². The lowest BCUT2D eigenvalue weighted by molar-refractivity contribution is -0.123. The summed E-state index contributed by atoms with van der Waals surface area (Å²) in [5.74, 6) is -1.71. The molecule has 0 aliphatic carbocycles. The largest absolute Gasteiger partial charge is 0.452 e. The van der Waals surface area contributed by atoms with Crippen LogP contribution >= 0.6 is 0 Å². The number of hydrogen-bond acceptors (Lipinski definition) is 7. The first-order valence-electron chi connectivity index (χ1n) is 8.60. The molecule has 28 heavy (non-hydrogen) atoms. The molecule has 3 amide bonds. The first-order valence-corrected chi connectivity index (χ1v) is 10.0. The Hall–Kier alpha value is -2.50. The van der Waals surface area contributed by atoms with Gasteiger partial charge in [0, 0.05) is 26.7 Å². The van der Waals surface area contributed by atoms with Gasteiger partial charge < -0.3 is 14.8 Å². The third-order valence-electron chi connectivity index (χ3n) is 3.59. The van der Waals surface area contributed by atoms with Crippen molar-refractivity contribution in [1.82, 2.24) is 14.9 Å². The van der Waals surface area contributed by atoms with Gasteiger partial charge in [-0.1, -0.05) is 19.9 Å². The number of esters is 1. The van der Waals surface area contributed by atoms with E-state index in [-0.39, 0.29) is 23.6 Å². The van der Waals surface area contributed by atoms with Crippen LogP contribution < -0.4 is 10.6 Å². The maximum Gasteiger partial charge on any atom is 0.338 e. The monoisotopic (exact) mass is 415 g/mol. The Morgan fingerprint density at radius 3 is 2.43 bits per heavy atom. The maximum atomic E-state index is 12.5. The number of urea groups is 1. The van der Waals surface area contributed by atoms with Crippen LogP contribution in [0.2, 0.25) is 0 Å². The van der Waals surface area contributed by atoms with E-state index in [9.17, 15) is 22.8 Å². The summed E-state index contributed by atoms with van der Waals surface area (Å²) in [5, 5.41) is 4.36. The summed E-state index contributed by atoms with van der Waals surface area (Å²) in [6.07, 6.45) is 0. The number of carbonyl (C=O) groups is 3. The minimum atomic E-state index is -3.73. The molecule has 0 unspecified atom stereocenters. The molecule has 0 heterocycles. The number of imide groups is 1. The number of hydrogen-bond donors (Lipinski definition) is 2. The van der Waals surface area contributed by atoms with Gasteiger partial charge in [-0.2, -0.15) is 4.31 Å². The number of sulfonamides is 1. The minimum Gasteiger partial charge on any atom is -0.452 e. The first kappa shape index (κ1) is 23.5. The topological polar surface area (TPSA) is 131 Å². The van der Waals surface area contributed by atoms with Crippen molar-refractivity contribution in [3.05, 3.63) is 29.8 Å². The molecule has 0 aliphatic heterocycles. The Labute approximate surface area is 164 Å². The SMILES string of the molecule is CCN(CC)S(=O)(=O)c1cccc(C(=O)OCC(=O)NC(=O)NCCOC)c1. The normalized spacial score (nSPS) is 11.1. The van der Waals surface area contributed by atoms with Crippen molar-refractivity contribution in [1.29, 1.82) is 0 Å². The molecule has 0 aliphatic rings. The van der Waals surface area contributed by atoms with Crippen LogP contribution in [0, 0.1) is 0 Å². The lowest BCUT2D eigenvalue weighted by Gasteiger charge is -2.18. The molecule has 0 bridgehead atoms. The average Bonchev–Trinajstić information content (AvgIpc) is 2.67. The third kappa shape index (κ3) is 6.91. The van der Waals surface area contributed by atoms with E-state index in [2.05, 4.69) is 5.32 Å². The summed E-state index contributed by atoms with van der Waals surface area (Å²) < 4.78 is 35.9. The van der Waals surface area contributed by atoms with Crippen molar-refractivity contribution >= 4 is 27.9 Å². The van der Waals surface area contributed by atoms with Crippen LogP contribution in [0.5, 0.6) is 0 Å². The highest BCUT2D eigenvalue weighted by atomic mass is 32.2. The molecule has 156 valence electrons. The van der Waals surface area contributed by atoms with Gasteiger partial charge in [-0.15, -0.1) is 0 Å². The second kappa shape index (κ2) is 11.4. The molecule has 0 aromatic heterocycles. The lowest BCUT2D eigenvalue weighted by Crippen LogP contribution is -2.42. The zero-order valence-corrected chi connectivity index (χ0v) is 16.9. The fourth-order valence-corrected chi connectivity index (χ4v) is 3.69. The van der Waals surface area contributed by atoms with E-state index in [4.69, 9.17) is 9.47 Å². The molecule has 1 aromatic rings. The van der Waals surface area contributed by atoms with Crippen molar-refractivity contribution < 1.29 is 32.3 Å². The number of ether oxygens (including phenoxy) is 2. The summed E-state index contributed by atoms with van der Waals surface area (Å²) in [6, 6.07) is 4.60. The molecular formula is C17H25N3O7S. The van der Waals surface area contributed by atoms with Crippen molar-refractivity contribution in [2.75, 3.05) is 40.0 Å². The molecular weight excluding hydrogens is 390 g/mol. The van der Waals surface area contributed by atoms with Crippen molar-refractivity contribution in [2.45, 2.75) is 18.7 Å². The van der Waals surface area contributed by atoms with Crippen LogP contribution in [0.15, 0.2) is 29.2 Å². The molecule has 1 aromatic carbocycles. The second-order valence-electron chi connectivity index (χ2n) is 5.49. The van der Waals surface area contributed by atoms with E-state index < -0.39 is 34.5 Å². The number of methoxy groups -OCH3 is 1. The number of rotatable bonds is 10. The fraction of sp³-hybridized carbons (Fsp3) is 0.471. The minimum absolute atomic E-state index is 0.0226. The molecule has 0 spiro atoms. The van der Waals surface area contributed by atoms with E-state index in [1.165, 1.54) is 35.7 Å². The van der Waals surface area contributed by atoms with E-state index >= 15 is 0 Å². The molecule has 0 saturated carbocycles. The molecule has 0 fully saturated rings. The number of benzene rings is 1. The summed E-state index contributed by atoms with van der Waals surface area (Å²) in [6.45, 7) is 3.81. The quantitative estimate of drug-likeness (QED) is 0.416. The average molecular weight is 415 g/mol. The van der Waals surface area contributed by atoms with Crippen LogP contribution in [0.4, 0.5) is 4.79 Å². The van der Waals surface area contributed by atoms with Crippen LogP contribution in [0.1, 0.15) is 24.2 Å². The predicted molar refractivity (Wildman–Crippen MR) is 100 cm³/mol. The van der Waals surface area contributed by atoms with Gasteiger partial charge in [0.25, 0.3) is 5.91 Å². The number of carbonyl (C=O) groups excluding carboxylic acids is 3. The van der Waals surface area contributed by atoms with Crippen LogP contribution in [0.3, 0.4) is 0 Å². The number of nitrogens with zero attached hydrogens (tertiary/aromatic N) is 1. The number of nitrogens with one attached hydrogen (secondary N) is 2. The van der Waals surface area contributed by atoms with Gasteiger partial charge in [0.1, 0.15) is 0 Å². The van der Waals surface area contributed by atoms with E-state index in [0.29, 0.717) is 13.1 Å². The summed E-state index contributed by atoms with van der Waals surface area (Å²) >= 11 is 0. The first-order chi connectivity index (χ1) is 13.3. The number of amides is 3. The second-order valence-corrected chi connectivity index (χ2v) is 7.43. The van der Waals surface area contributed by atoms with Crippen LogP contribution in [0.25, 0.3) is 0 Å². The summed E-state index contributed by atoms with van der Waals surface area (Å²) in [5.41, 5.74) is -0.0226. The molecule has 10 nitrogen and oxygen atoms in total. The summed E-state index contributed by atoms with van der Waals surface area (Å²) in [7, 11) is -2.27. The van der Waals surface area contributed by atoms with Gasteiger partial charge in [0.2, 0.25) is 10.0 Å². The highest BCUT2D eigenvalue weighted by molar-refractivity contribution is 7.89. The van der Waals surface area contributed by atoms with E-state index in [1.807, 2.05) is 5.32 Å². The highest BCUT2D eigenvalue weighted by Gasteiger charge is 2.23. The highest BCUT2D eigenvalue weighted by Crippen LogP contribution is 2.17. The fourth-order valence-electron chi connectivity index (χ4n) is 2.18. The zero-order chi connectivity index (χ0) is 21.2. The lowest BCUT2D eigenvalue weighted by atomic mass is 10.2. The Bertz CT molecular complexity index is 792. The van der Waals surface area contributed by atoms with E-state index in [0.717, 1.165) is 0 Å². The molecule has 1 rings (SSSR count). The summed E-state index contributed by atoms with van der Waals surface area (Å²) in [4.78, 5) is 35.1. The Morgan fingerprint density at radius 1 is 1.14 bits per heavy atom. The van der Waals surface area contributed by atoms with Gasteiger partial charge in [-0.25, -0.2) is 18.0 Å². The Balaban J connectivity index is 2.69. The van der Waals surface area contributed by atoms with Gasteiger partial charge in [-0.3, -0.25) is 10.1 Å². The predicted octanol–water partition coefficient (Wildman–Crippen LogP) is 0.346. The standard InChI is InChI=1S/C17H25N3O7S/c1-4-20(5-2)28(24,25)14-8-6-7-13(11-14)16(22)27-12-15(21)19-17(23)18-9-10-26-3/h6-8,11H,4-5,9-10,12H2,1-3H3,(H2,18,19,21,23). The van der Waals surface area contributed by atoms with Gasteiger partial charge in [0.15, 0.2) is 6.61 Å².